The highest BCUT2D eigenvalue weighted by atomic mass is 32.2. The van der Waals surface area contributed by atoms with Gasteiger partial charge < -0.3 is 5.73 Å². The van der Waals surface area contributed by atoms with Crippen LogP contribution in [0.3, 0.4) is 0 Å². The molecule has 0 saturated heterocycles. The largest absolute Gasteiger partial charge is 0.398 e. The fourth-order valence-electron chi connectivity index (χ4n) is 1.87. The van der Waals surface area contributed by atoms with Crippen molar-refractivity contribution < 1.29 is 8.42 Å². The number of nitriles is 1. The Balaban J connectivity index is 2.16. The van der Waals surface area contributed by atoms with Gasteiger partial charge in [-0.05, 0) is 42.3 Å². The first-order valence-corrected chi connectivity index (χ1v) is 7.75. The Morgan fingerprint density at radius 1 is 1.19 bits per heavy atom. The summed E-state index contributed by atoms with van der Waals surface area (Å²) in [5.41, 5.74) is 8.18. The summed E-state index contributed by atoms with van der Waals surface area (Å²) in [6.07, 6.45) is 0. The maximum absolute atomic E-state index is 12.2. The van der Waals surface area contributed by atoms with E-state index < -0.39 is 10.0 Å². The number of aryl methyl sites for hydroxylation is 1. The van der Waals surface area contributed by atoms with Crippen molar-refractivity contribution in [3.8, 4) is 6.07 Å². The van der Waals surface area contributed by atoms with E-state index in [4.69, 9.17) is 11.0 Å². The van der Waals surface area contributed by atoms with Crippen molar-refractivity contribution in [1.82, 2.24) is 4.72 Å². The average Bonchev–Trinajstić information content (AvgIpc) is 2.45. The molecule has 0 aromatic heterocycles. The SMILES string of the molecule is Cc1ccc(S(=O)(=O)NCc2ccc(C#N)cc2)c(N)c1. The number of nitrogens with two attached hydrogens (primary N) is 1. The fraction of sp³-hybridized carbons (Fsp3) is 0.133. The Hall–Kier alpha value is -2.36. The third-order valence-electron chi connectivity index (χ3n) is 3.00. The van der Waals surface area contributed by atoms with Crippen molar-refractivity contribution in [2.45, 2.75) is 18.4 Å². The number of hydrogen-bond acceptors (Lipinski definition) is 4. The first kappa shape index (κ1) is 15.0. The van der Waals surface area contributed by atoms with Crippen molar-refractivity contribution in [3.05, 3.63) is 59.2 Å². The van der Waals surface area contributed by atoms with Gasteiger partial charge in [0.1, 0.15) is 4.90 Å². The maximum Gasteiger partial charge on any atom is 0.242 e. The standard InChI is InChI=1S/C15H15N3O2S/c1-11-2-7-15(14(17)8-11)21(19,20)18-10-13-5-3-12(9-16)4-6-13/h2-8,18H,10,17H2,1H3. The summed E-state index contributed by atoms with van der Waals surface area (Å²) in [7, 11) is -3.66. The molecule has 2 aromatic carbocycles. The normalized spacial score (nSPS) is 11.0. The van der Waals surface area contributed by atoms with Crippen LogP contribution >= 0.6 is 0 Å². The quantitative estimate of drug-likeness (QED) is 0.843. The van der Waals surface area contributed by atoms with Gasteiger partial charge >= 0.3 is 0 Å². The van der Waals surface area contributed by atoms with E-state index in [-0.39, 0.29) is 17.1 Å². The predicted octanol–water partition coefficient (Wildman–Crippen LogP) is 1.93. The molecule has 0 amide bonds. The monoisotopic (exact) mass is 301 g/mol. The molecule has 0 unspecified atom stereocenters. The molecule has 0 spiro atoms. The lowest BCUT2D eigenvalue weighted by molar-refractivity contribution is 0.581. The zero-order chi connectivity index (χ0) is 15.5. The highest BCUT2D eigenvalue weighted by Gasteiger charge is 2.16. The van der Waals surface area contributed by atoms with Gasteiger partial charge in [-0.2, -0.15) is 5.26 Å². The molecule has 3 N–H and O–H groups in total. The molecule has 0 aliphatic carbocycles. The molecule has 0 bridgehead atoms. The van der Waals surface area contributed by atoms with E-state index in [0.29, 0.717) is 5.56 Å². The number of nitrogens with zero attached hydrogens (tertiary/aromatic N) is 1. The summed E-state index contributed by atoms with van der Waals surface area (Å²) < 4.78 is 26.9. The fourth-order valence-corrected chi connectivity index (χ4v) is 2.99. The van der Waals surface area contributed by atoms with Crippen molar-refractivity contribution in [1.29, 1.82) is 5.26 Å². The third kappa shape index (κ3) is 3.60. The molecule has 0 aliphatic rings. The van der Waals surface area contributed by atoms with Crippen molar-refractivity contribution in [2.75, 3.05) is 5.73 Å². The van der Waals surface area contributed by atoms with Crippen molar-refractivity contribution in [2.24, 2.45) is 0 Å². The van der Waals surface area contributed by atoms with Crippen LogP contribution in [-0.4, -0.2) is 8.42 Å². The second-order valence-corrected chi connectivity index (χ2v) is 6.41. The predicted molar refractivity (Wildman–Crippen MR) is 80.8 cm³/mol. The number of benzene rings is 2. The average molecular weight is 301 g/mol. The molecule has 5 nitrogen and oxygen atoms in total. The topological polar surface area (TPSA) is 96.0 Å². The second-order valence-electron chi connectivity index (χ2n) is 4.67. The molecule has 6 heteroatoms. The summed E-state index contributed by atoms with van der Waals surface area (Å²) in [5.74, 6) is 0. The minimum Gasteiger partial charge on any atom is -0.398 e. The van der Waals surface area contributed by atoms with Crippen LogP contribution in [0.15, 0.2) is 47.4 Å². The van der Waals surface area contributed by atoms with E-state index in [0.717, 1.165) is 11.1 Å². The number of sulfonamides is 1. The Morgan fingerprint density at radius 2 is 1.86 bits per heavy atom. The first-order valence-electron chi connectivity index (χ1n) is 6.27. The van der Waals surface area contributed by atoms with E-state index >= 15 is 0 Å². The van der Waals surface area contributed by atoms with E-state index in [1.165, 1.54) is 6.07 Å². The third-order valence-corrected chi connectivity index (χ3v) is 4.48. The molecule has 0 aliphatic heterocycles. The molecular formula is C15H15N3O2S. The highest BCUT2D eigenvalue weighted by Crippen LogP contribution is 2.19. The van der Waals surface area contributed by atoms with Gasteiger partial charge in [0.25, 0.3) is 0 Å². The minimum atomic E-state index is -3.66. The lowest BCUT2D eigenvalue weighted by Crippen LogP contribution is -2.24. The minimum absolute atomic E-state index is 0.0711. The lowest BCUT2D eigenvalue weighted by Gasteiger charge is -2.10. The van der Waals surface area contributed by atoms with Crippen LogP contribution in [0, 0.1) is 18.3 Å². The van der Waals surface area contributed by atoms with E-state index in [9.17, 15) is 8.42 Å². The number of hydrogen-bond donors (Lipinski definition) is 2. The zero-order valence-electron chi connectivity index (χ0n) is 11.5. The number of nitrogen functional groups attached to an aromatic ring is 1. The van der Waals surface area contributed by atoms with Crippen LogP contribution in [0.1, 0.15) is 16.7 Å². The van der Waals surface area contributed by atoms with Gasteiger partial charge in [-0.3, -0.25) is 0 Å². The molecule has 108 valence electrons. The Morgan fingerprint density at radius 3 is 2.43 bits per heavy atom. The Bertz CT molecular complexity index is 791. The van der Waals surface area contributed by atoms with E-state index in [1.807, 2.05) is 13.0 Å². The van der Waals surface area contributed by atoms with Gasteiger partial charge in [-0.25, -0.2) is 13.1 Å². The van der Waals surface area contributed by atoms with E-state index in [1.54, 1.807) is 36.4 Å². The van der Waals surface area contributed by atoms with Gasteiger partial charge in [0.2, 0.25) is 10.0 Å². The number of nitrogens with one attached hydrogen (secondary N) is 1. The zero-order valence-corrected chi connectivity index (χ0v) is 12.3. The molecule has 21 heavy (non-hydrogen) atoms. The first-order chi connectivity index (χ1) is 9.92. The molecule has 2 aromatic rings. The Kier molecular flexibility index (Phi) is 4.26. The molecular weight excluding hydrogens is 286 g/mol. The van der Waals surface area contributed by atoms with Crippen LogP contribution in [0.2, 0.25) is 0 Å². The molecule has 0 fully saturated rings. The van der Waals surface area contributed by atoms with Gasteiger partial charge in [-0.15, -0.1) is 0 Å². The van der Waals surface area contributed by atoms with Crippen LogP contribution in [0.25, 0.3) is 0 Å². The summed E-state index contributed by atoms with van der Waals surface area (Å²) in [4.78, 5) is 0.0711. The van der Waals surface area contributed by atoms with Crippen LogP contribution < -0.4 is 10.5 Å². The molecule has 0 heterocycles. The van der Waals surface area contributed by atoms with Crippen LogP contribution in [0.5, 0.6) is 0 Å². The van der Waals surface area contributed by atoms with Gasteiger partial charge in [0.05, 0.1) is 17.3 Å². The van der Waals surface area contributed by atoms with Crippen LogP contribution in [-0.2, 0) is 16.6 Å². The van der Waals surface area contributed by atoms with Crippen molar-refractivity contribution >= 4 is 15.7 Å². The summed E-state index contributed by atoms with van der Waals surface area (Å²) in [6, 6.07) is 13.5. The van der Waals surface area contributed by atoms with E-state index in [2.05, 4.69) is 4.72 Å². The van der Waals surface area contributed by atoms with Gasteiger partial charge in [0, 0.05) is 6.54 Å². The maximum atomic E-state index is 12.2. The molecule has 0 saturated carbocycles. The van der Waals surface area contributed by atoms with Crippen molar-refractivity contribution in [3.63, 3.8) is 0 Å². The lowest BCUT2D eigenvalue weighted by atomic mass is 10.1. The summed E-state index contributed by atoms with van der Waals surface area (Å²) in [5, 5.41) is 8.71. The second kappa shape index (κ2) is 5.95. The molecule has 0 atom stereocenters. The Labute approximate surface area is 124 Å². The summed E-state index contributed by atoms with van der Waals surface area (Å²) >= 11 is 0. The molecule has 0 radical (unpaired) electrons. The highest BCUT2D eigenvalue weighted by molar-refractivity contribution is 7.89. The number of rotatable bonds is 4. The summed E-state index contributed by atoms with van der Waals surface area (Å²) in [6.45, 7) is 1.98. The molecule has 2 rings (SSSR count). The smallest absolute Gasteiger partial charge is 0.242 e. The number of anilines is 1. The van der Waals surface area contributed by atoms with Crippen LogP contribution in [0.4, 0.5) is 5.69 Å². The van der Waals surface area contributed by atoms with Gasteiger partial charge in [-0.1, -0.05) is 18.2 Å². The van der Waals surface area contributed by atoms with Gasteiger partial charge in [0.15, 0.2) is 0 Å².